The van der Waals surface area contributed by atoms with Gasteiger partial charge in [-0.25, -0.2) is 0 Å². The normalized spacial score (nSPS) is 12.3. The molecule has 0 N–H and O–H groups in total. The molecule has 0 amide bonds. The van der Waals surface area contributed by atoms with E-state index in [0.29, 0.717) is 11.1 Å². The van der Waals surface area contributed by atoms with Crippen LogP contribution in [0.2, 0.25) is 0 Å². The summed E-state index contributed by atoms with van der Waals surface area (Å²) in [6, 6.07) is 24.9. The number of hydrogen-bond donors (Lipinski definition) is 0. The molecule has 30 heavy (non-hydrogen) atoms. The van der Waals surface area contributed by atoms with Gasteiger partial charge in [0.1, 0.15) is 0 Å². The van der Waals surface area contributed by atoms with Gasteiger partial charge in [-0.3, -0.25) is 9.59 Å². The molecule has 2 heteroatoms. The van der Waals surface area contributed by atoms with Crippen LogP contribution in [0.15, 0.2) is 72.8 Å². The third-order valence-corrected chi connectivity index (χ3v) is 6.68. The number of aldehydes is 2. The Morgan fingerprint density at radius 1 is 0.367 bits per heavy atom. The molecule has 0 fully saturated rings. The van der Waals surface area contributed by atoms with Crippen LogP contribution in [0, 0.1) is 0 Å². The van der Waals surface area contributed by atoms with Crippen molar-refractivity contribution in [3.63, 3.8) is 0 Å². The summed E-state index contributed by atoms with van der Waals surface area (Å²) in [6.07, 6.45) is 1.83. The van der Waals surface area contributed by atoms with E-state index in [0.717, 1.165) is 66.8 Å². The molecule has 1 aliphatic carbocycles. The van der Waals surface area contributed by atoms with Crippen molar-refractivity contribution in [1.82, 2.24) is 0 Å². The third-order valence-electron chi connectivity index (χ3n) is 6.68. The molecule has 0 aliphatic heterocycles. The van der Waals surface area contributed by atoms with Crippen LogP contribution in [-0.2, 0) is 0 Å². The molecule has 0 saturated heterocycles. The Balaban J connectivity index is 2.03. The molecule has 6 aromatic rings. The zero-order chi connectivity index (χ0) is 20.0. The lowest BCUT2D eigenvalue weighted by Gasteiger charge is -2.15. The minimum absolute atomic E-state index is 0.618. The van der Waals surface area contributed by atoms with Gasteiger partial charge in [0, 0.05) is 22.3 Å². The van der Waals surface area contributed by atoms with Crippen molar-refractivity contribution in [1.29, 1.82) is 0 Å². The molecular formula is C28H14O2. The number of benzene rings is 6. The van der Waals surface area contributed by atoms with Gasteiger partial charge >= 0.3 is 0 Å². The molecule has 0 saturated carbocycles. The van der Waals surface area contributed by atoms with E-state index in [-0.39, 0.29) is 0 Å². The lowest BCUT2D eigenvalue weighted by atomic mass is 9.87. The smallest absolute Gasteiger partial charge is 0.150 e. The van der Waals surface area contributed by atoms with Crippen molar-refractivity contribution in [2.75, 3.05) is 0 Å². The Kier molecular flexibility index (Phi) is 2.80. The predicted molar refractivity (Wildman–Crippen MR) is 124 cm³/mol. The molecule has 7 rings (SSSR count). The fraction of sp³-hybridized carbons (Fsp3) is 0. The molecule has 0 spiro atoms. The van der Waals surface area contributed by atoms with Gasteiger partial charge in [0.15, 0.2) is 12.6 Å². The van der Waals surface area contributed by atoms with Crippen LogP contribution in [0.4, 0.5) is 0 Å². The van der Waals surface area contributed by atoms with E-state index in [2.05, 4.69) is 48.5 Å². The fourth-order valence-electron chi connectivity index (χ4n) is 5.45. The number of hydrogen-bond acceptors (Lipinski definition) is 2. The first-order valence-corrected chi connectivity index (χ1v) is 10.0. The average Bonchev–Trinajstić information content (AvgIpc) is 2.95. The summed E-state index contributed by atoms with van der Waals surface area (Å²) in [7, 11) is 0. The van der Waals surface area contributed by atoms with Crippen molar-refractivity contribution in [2.45, 2.75) is 0 Å². The minimum Gasteiger partial charge on any atom is -0.298 e. The van der Waals surface area contributed by atoms with Crippen LogP contribution in [-0.4, -0.2) is 12.6 Å². The molecular weight excluding hydrogens is 368 g/mol. The van der Waals surface area contributed by atoms with Gasteiger partial charge < -0.3 is 0 Å². The lowest BCUT2D eigenvalue weighted by molar-refractivity contribution is 0.111. The quantitative estimate of drug-likeness (QED) is 0.237. The van der Waals surface area contributed by atoms with Crippen LogP contribution in [0.1, 0.15) is 20.7 Å². The Labute approximate surface area is 171 Å². The van der Waals surface area contributed by atoms with E-state index in [9.17, 15) is 9.59 Å². The van der Waals surface area contributed by atoms with Crippen molar-refractivity contribution >= 4 is 66.4 Å². The van der Waals surface area contributed by atoms with Crippen LogP contribution in [0.5, 0.6) is 0 Å². The van der Waals surface area contributed by atoms with Gasteiger partial charge in [-0.15, -0.1) is 0 Å². The topological polar surface area (TPSA) is 34.1 Å². The van der Waals surface area contributed by atoms with E-state index >= 15 is 0 Å². The van der Waals surface area contributed by atoms with E-state index in [4.69, 9.17) is 0 Å². The standard InChI is InChI=1S/C28H14O2/c29-13-20-11-9-18-7-5-16-3-1-15-2-4-17-6-8-19-10-12-21(14-30)28-26(19)24(17)22(15)23(16)25(18)27(20)28/h1-14H. The number of carbonyl (C=O) groups is 2. The van der Waals surface area contributed by atoms with Crippen LogP contribution < -0.4 is 0 Å². The highest BCUT2D eigenvalue weighted by molar-refractivity contribution is 6.39. The second-order valence-electron chi connectivity index (χ2n) is 8.05. The molecule has 138 valence electrons. The highest BCUT2D eigenvalue weighted by Gasteiger charge is 2.24. The van der Waals surface area contributed by atoms with E-state index in [1.807, 2.05) is 24.3 Å². The first kappa shape index (κ1) is 15.8. The number of rotatable bonds is 2. The Morgan fingerprint density at radius 2 is 0.633 bits per heavy atom. The van der Waals surface area contributed by atoms with Gasteiger partial charge in [0.05, 0.1) is 0 Å². The fourth-order valence-corrected chi connectivity index (χ4v) is 5.45. The molecule has 6 aromatic carbocycles. The van der Waals surface area contributed by atoms with Gasteiger partial charge in [-0.2, -0.15) is 0 Å². The summed E-state index contributed by atoms with van der Waals surface area (Å²) in [6.45, 7) is 0. The maximum atomic E-state index is 12.2. The summed E-state index contributed by atoms with van der Waals surface area (Å²) in [5, 5.41) is 11.2. The Morgan fingerprint density at radius 3 is 0.967 bits per heavy atom. The van der Waals surface area contributed by atoms with E-state index in [1.54, 1.807) is 0 Å². The first-order valence-electron chi connectivity index (χ1n) is 10.0. The molecule has 0 bridgehead atoms. The second-order valence-corrected chi connectivity index (χ2v) is 8.05. The molecule has 0 atom stereocenters. The second kappa shape index (κ2) is 5.31. The van der Waals surface area contributed by atoms with Crippen LogP contribution >= 0.6 is 0 Å². The van der Waals surface area contributed by atoms with Gasteiger partial charge in [0.2, 0.25) is 0 Å². The zero-order valence-electron chi connectivity index (χ0n) is 15.9. The van der Waals surface area contributed by atoms with Gasteiger partial charge in [0.25, 0.3) is 0 Å². The molecule has 0 unspecified atom stereocenters. The first-order chi connectivity index (χ1) is 14.8. The maximum absolute atomic E-state index is 12.2. The lowest BCUT2D eigenvalue weighted by Crippen LogP contribution is -1.95. The molecule has 0 radical (unpaired) electrons. The van der Waals surface area contributed by atoms with Crippen molar-refractivity contribution in [3.8, 4) is 11.1 Å². The monoisotopic (exact) mass is 382 g/mol. The zero-order valence-corrected chi connectivity index (χ0v) is 15.9. The number of carbonyl (C=O) groups excluding carboxylic acids is 2. The highest BCUT2D eigenvalue weighted by atomic mass is 16.1. The molecule has 2 nitrogen and oxygen atoms in total. The largest absolute Gasteiger partial charge is 0.298 e. The molecule has 0 aromatic heterocycles. The van der Waals surface area contributed by atoms with E-state index < -0.39 is 0 Å². The van der Waals surface area contributed by atoms with Crippen molar-refractivity contribution < 1.29 is 9.59 Å². The molecule has 0 heterocycles. The summed E-state index contributed by atoms with van der Waals surface area (Å²) in [4.78, 5) is 24.4. The average molecular weight is 382 g/mol. The van der Waals surface area contributed by atoms with Crippen LogP contribution in [0.25, 0.3) is 65.0 Å². The van der Waals surface area contributed by atoms with Gasteiger partial charge in [-0.1, -0.05) is 72.8 Å². The highest BCUT2D eigenvalue weighted by Crippen LogP contribution is 2.49. The van der Waals surface area contributed by atoms with E-state index in [1.165, 1.54) is 10.8 Å². The predicted octanol–water partition coefficient (Wildman–Crippen LogP) is 7.06. The maximum Gasteiger partial charge on any atom is 0.150 e. The van der Waals surface area contributed by atoms with Gasteiger partial charge in [-0.05, 0) is 53.9 Å². The third kappa shape index (κ3) is 1.71. The van der Waals surface area contributed by atoms with Crippen molar-refractivity contribution in [3.05, 3.63) is 83.9 Å². The molecule has 1 aliphatic rings. The Bertz CT molecular complexity index is 1640. The van der Waals surface area contributed by atoms with Crippen LogP contribution in [0.3, 0.4) is 0 Å². The number of fused-ring (bicyclic) bond motifs is 1. The summed E-state index contributed by atoms with van der Waals surface area (Å²) in [5.74, 6) is 0. The summed E-state index contributed by atoms with van der Waals surface area (Å²) < 4.78 is 0. The van der Waals surface area contributed by atoms with Crippen molar-refractivity contribution in [2.24, 2.45) is 0 Å². The Hall–Kier alpha value is -4.04. The summed E-state index contributed by atoms with van der Waals surface area (Å²) >= 11 is 0. The summed E-state index contributed by atoms with van der Waals surface area (Å²) in [5.41, 5.74) is 2.98. The minimum atomic E-state index is 0.618. The SMILES string of the molecule is O=Cc1ccc2ccc3ccc4ccc5ccc6ccc(C=O)c7c6c5c4c3c2c1-7.